The van der Waals surface area contributed by atoms with Crippen molar-refractivity contribution in [2.45, 2.75) is 89.9 Å². The normalized spacial score (nSPS) is 19.0. The fourth-order valence-corrected chi connectivity index (χ4v) is 4.86. The van der Waals surface area contributed by atoms with Crippen LogP contribution in [0.3, 0.4) is 0 Å². The summed E-state index contributed by atoms with van der Waals surface area (Å²) in [6.07, 6.45) is 14.6. The molecule has 1 heteroatoms. The molecule has 0 unspecified atom stereocenters. The van der Waals surface area contributed by atoms with Gasteiger partial charge in [0.25, 0.3) is 0 Å². The molecule has 1 aliphatic carbocycles. The topological polar surface area (TPSA) is 20.2 Å². The molecule has 146 valence electrons. The third-order valence-corrected chi connectivity index (χ3v) is 6.53. The Labute approximate surface area is 165 Å². The van der Waals surface area contributed by atoms with E-state index in [0.29, 0.717) is 5.75 Å². The summed E-state index contributed by atoms with van der Waals surface area (Å²) in [5, 5.41) is 10.1. The predicted molar refractivity (Wildman–Crippen MR) is 116 cm³/mol. The summed E-state index contributed by atoms with van der Waals surface area (Å²) in [7, 11) is 0. The van der Waals surface area contributed by atoms with E-state index in [1.807, 2.05) is 13.0 Å². The Morgan fingerprint density at radius 3 is 1.78 bits per heavy atom. The van der Waals surface area contributed by atoms with Gasteiger partial charge in [-0.25, -0.2) is 0 Å². The minimum atomic E-state index is 0.0731. The molecule has 2 aromatic carbocycles. The van der Waals surface area contributed by atoms with Gasteiger partial charge in [-0.15, -0.1) is 0 Å². The van der Waals surface area contributed by atoms with Crippen molar-refractivity contribution in [2.24, 2.45) is 0 Å². The van der Waals surface area contributed by atoms with Crippen molar-refractivity contribution in [1.29, 1.82) is 0 Å². The summed E-state index contributed by atoms with van der Waals surface area (Å²) in [4.78, 5) is 0. The fraction of sp³-hybridized carbons (Fsp3) is 0.538. The first kappa shape index (κ1) is 20.0. The number of rotatable bonds is 2. The highest BCUT2D eigenvalue weighted by Gasteiger charge is 2.33. The van der Waals surface area contributed by atoms with Crippen molar-refractivity contribution < 1.29 is 5.11 Å². The van der Waals surface area contributed by atoms with Crippen molar-refractivity contribution in [3.8, 4) is 5.75 Å². The Morgan fingerprint density at radius 1 is 0.667 bits per heavy atom. The van der Waals surface area contributed by atoms with Crippen LogP contribution in [0.1, 0.15) is 92.9 Å². The molecule has 0 bridgehead atoms. The molecular weight excluding hydrogens is 328 g/mol. The number of benzene rings is 2. The summed E-state index contributed by atoms with van der Waals surface area (Å²) < 4.78 is 0. The van der Waals surface area contributed by atoms with Crippen LogP contribution in [0.15, 0.2) is 42.5 Å². The Balaban J connectivity index is 2.03. The molecule has 0 amide bonds. The molecule has 0 heterocycles. The highest BCUT2D eigenvalue weighted by atomic mass is 16.3. The Kier molecular flexibility index (Phi) is 6.99. The van der Waals surface area contributed by atoms with E-state index in [1.54, 1.807) is 0 Å². The van der Waals surface area contributed by atoms with E-state index in [9.17, 15) is 5.11 Å². The zero-order valence-corrected chi connectivity index (χ0v) is 17.3. The van der Waals surface area contributed by atoms with E-state index in [1.165, 1.54) is 87.3 Å². The summed E-state index contributed by atoms with van der Waals surface area (Å²) in [6, 6.07) is 15.5. The molecule has 0 atom stereocenters. The maximum atomic E-state index is 10.1. The number of phenolic OH excluding ortho intramolecular Hbond substituents is 1. The van der Waals surface area contributed by atoms with Gasteiger partial charge >= 0.3 is 0 Å². The number of phenols is 1. The second-order valence-electron chi connectivity index (χ2n) is 8.63. The summed E-state index contributed by atoms with van der Waals surface area (Å²) >= 11 is 0. The standard InChI is InChI=1S/C26H36O/c1-21-13-12-14-23(19-21)26(24-15-16-25(27)22(2)20-24)17-10-8-6-4-3-5-7-9-11-18-26/h12-16,19-20,27H,3-11,17-18H2,1-2H3. The van der Waals surface area contributed by atoms with Crippen LogP contribution in [0.2, 0.25) is 0 Å². The monoisotopic (exact) mass is 364 g/mol. The third-order valence-electron chi connectivity index (χ3n) is 6.53. The third kappa shape index (κ3) is 4.94. The van der Waals surface area contributed by atoms with E-state index in [4.69, 9.17) is 0 Å². The van der Waals surface area contributed by atoms with Gasteiger partial charge in [0, 0.05) is 5.41 Å². The Hall–Kier alpha value is -1.76. The van der Waals surface area contributed by atoms with Gasteiger partial charge in [-0.1, -0.05) is 99.7 Å². The van der Waals surface area contributed by atoms with Gasteiger partial charge in [0.05, 0.1) is 0 Å². The average Bonchev–Trinajstić information content (AvgIpc) is 2.65. The number of hydrogen-bond acceptors (Lipinski definition) is 1. The maximum Gasteiger partial charge on any atom is 0.118 e. The largest absolute Gasteiger partial charge is 0.508 e. The average molecular weight is 365 g/mol. The molecule has 0 saturated heterocycles. The zero-order valence-electron chi connectivity index (χ0n) is 17.3. The first-order valence-corrected chi connectivity index (χ1v) is 11.0. The second-order valence-corrected chi connectivity index (χ2v) is 8.63. The van der Waals surface area contributed by atoms with E-state index in [2.05, 4.69) is 43.3 Å². The van der Waals surface area contributed by atoms with Gasteiger partial charge in [-0.3, -0.25) is 0 Å². The lowest BCUT2D eigenvalue weighted by molar-refractivity contribution is 0.382. The maximum absolute atomic E-state index is 10.1. The van der Waals surface area contributed by atoms with Crippen LogP contribution in [0, 0.1) is 13.8 Å². The number of hydrogen-bond donors (Lipinski definition) is 1. The van der Waals surface area contributed by atoms with E-state index >= 15 is 0 Å². The van der Waals surface area contributed by atoms with E-state index < -0.39 is 0 Å². The summed E-state index contributed by atoms with van der Waals surface area (Å²) in [6.45, 7) is 4.23. The lowest BCUT2D eigenvalue weighted by Gasteiger charge is -2.36. The lowest BCUT2D eigenvalue weighted by Crippen LogP contribution is -2.28. The van der Waals surface area contributed by atoms with Crippen molar-refractivity contribution in [3.63, 3.8) is 0 Å². The van der Waals surface area contributed by atoms with Gasteiger partial charge < -0.3 is 5.11 Å². The van der Waals surface area contributed by atoms with Crippen LogP contribution in [0.25, 0.3) is 0 Å². The molecule has 1 saturated carbocycles. The van der Waals surface area contributed by atoms with Gasteiger partial charge in [0.2, 0.25) is 0 Å². The molecule has 2 aromatic rings. The minimum Gasteiger partial charge on any atom is -0.508 e. The summed E-state index contributed by atoms with van der Waals surface area (Å²) in [5.74, 6) is 0.409. The van der Waals surface area contributed by atoms with Gasteiger partial charge in [-0.2, -0.15) is 0 Å². The molecule has 1 aliphatic rings. The molecule has 0 aromatic heterocycles. The highest BCUT2D eigenvalue weighted by Crippen LogP contribution is 2.43. The summed E-state index contributed by atoms with van der Waals surface area (Å²) in [5.41, 5.74) is 5.26. The molecule has 1 N–H and O–H groups in total. The second kappa shape index (κ2) is 9.44. The molecule has 27 heavy (non-hydrogen) atoms. The zero-order chi connectivity index (χ0) is 19.1. The molecular formula is C26H36O. The number of aromatic hydroxyl groups is 1. The van der Waals surface area contributed by atoms with Crippen molar-refractivity contribution in [2.75, 3.05) is 0 Å². The quantitative estimate of drug-likeness (QED) is 0.581. The van der Waals surface area contributed by atoms with Crippen LogP contribution < -0.4 is 0 Å². The molecule has 0 aliphatic heterocycles. The minimum absolute atomic E-state index is 0.0731. The fourth-order valence-electron chi connectivity index (χ4n) is 4.86. The van der Waals surface area contributed by atoms with Gasteiger partial charge in [0.1, 0.15) is 5.75 Å². The lowest BCUT2D eigenvalue weighted by atomic mass is 9.67. The SMILES string of the molecule is Cc1cccc(C2(c3ccc(O)c(C)c3)CCCCCCCCCCC2)c1. The van der Waals surface area contributed by atoms with Crippen LogP contribution >= 0.6 is 0 Å². The van der Waals surface area contributed by atoms with Crippen LogP contribution in [0.4, 0.5) is 0 Å². The van der Waals surface area contributed by atoms with Gasteiger partial charge in [0.15, 0.2) is 0 Å². The first-order valence-electron chi connectivity index (χ1n) is 11.0. The van der Waals surface area contributed by atoms with Crippen LogP contribution in [-0.4, -0.2) is 5.11 Å². The molecule has 3 rings (SSSR count). The molecule has 0 radical (unpaired) electrons. The van der Waals surface area contributed by atoms with Crippen molar-refractivity contribution >= 4 is 0 Å². The smallest absolute Gasteiger partial charge is 0.118 e. The predicted octanol–water partition coefficient (Wildman–Crippen LogP) is 7.60. The van der Waals surface area contributed by atoms with Gasteiger partial charge in [-0.05, 0) is 49.4 Å². The molecule has 0 spiro atoms. The molecule has 1 fully saturated rings. The van der Waals surface area contributed by atoms with Crippen molar-refractivity contribution in [1.82, 2.24) is 0 Å². The van der Waals surface area contributed by atoms with Crippen LogP contribution in [-0.2, 0) is 5.41 Å². The highest BCUT2D eigenvalue weighted by molar-refractivity contribution is 5.45. The van der Waals surface area contributed by atoms with E-state index in [-0.39, 0.29) is 5.41 Å². The first-order chi connectivity index (χ1) is 13.1. The van der Waals surface area contributed by atoms with E-state index in [0.717, 1.165) is 5.56 Å². The Bertz CT molecular complexity index is 719. The van der Waals surface area contributed by atoms with Crippen LogP contribution in [0.5, 0.6) is 5.75 Å². The number of aryl methyl sites for hydroxylation is 2. The van der Waals surface area contributed by atoms with Crippen molar-refractivity contribution in [3.05, 3.63) is 64.7 Å². The Morgan fingerprint density at radius 2 is 1.22 bits per heavy atom. The molecule has 1 nitrogen and oxygen atoms in total.